The molecule has 180 valence electrons. The van der Waals surface area contributed by atoms with Crippen molar-refractivity contribution in [3.05, 3.63) is 57.8 Å². The minimum atomic E-state index is -0.811. The Balaban J connectivity index is 1.40. The van der Waals surface area contributed by atoms with Crippen LogP contribution in [0.15, 0.2) is 36.7 Å². The SMILES string of the molecule is COC(=O)[C@H](Cc1ccc(NC(=O)c2c(Cl)cncc2Cl)cc1)NC(=O)[C@H]1NC2CCC1CC2. The number of carbonyl (C=O) groups is 3. The van der Waals surface area contributed by atoms with Crippen LogP contribution in [0, 0.1) is 5.92 Å². The number of rotatable bonds is 7. The number of ether oxygens (including phenoxy) is 1. The molecule has 5 rings (SSSR count). The van der Waals surface area contributed by atoms with E-state index in [4.69, 9.17) is 27.9 Å². The zero-order chi connectivity index (χ0) is 24.2. The van der Waals surface area contributed by atoms with Crippen molar-refractivity contribution in [1.29, 1.82) is 0 Å². The van der Waals surface area contributed by atoms with E-state index in [1.54, 1.807) is 24.3 Å². The van der Waals surface area contributed by atoms with E-state index in [-0.39, 0.29) is 34.0 Å². The summed E-state index contributed by atoms with van der Waals surface area (Å²) in [5.74, 6) is -0.832. The average Bonchev–Trinajstić information content (AvgIpc) is 2.84. The van der Waals surface area contributed by atoms with Crippen molar-refractivity contribution in [2.24, 2.45) is 5.92 Å². The fourth-order valence-electron chi connectivity index (χ4n) is 4.68. The summed E-state index contributed by atoms with van der Waals surface area (Å²) in [6.07, 6.45) is 7.20. The van der Waals surface area contributed by atoms with Gasteiger partial charge in [-0.25, -0.2) is 4.79 Å². The third-order valence-electron chi connectivity index (χ3n) is 6.48. The summed E-state index contributed by atoms with van der Waals surface area (Å²) in [4.78, 5) is 41.7. The van der Waals surface area contributed by atoms with Crippen molar-refractivity contribution in [3.63, 3.8) is 0 Å². The van der Waals surface area contributed by atoms with Crippen LogP contribution < -0.4 is 16.0 Å². The van der Waals surface area contributed by atoms with E-state index >= 15 is 0 Å². The molecule has 1 saturated carbocycles. The molecule has 2 bridgehead atoms. The number of nitrogens with one attached hydrogen (secondary N) is 3. The fraction of sp³-hybridized carbons (Fsp3) is 0.417. The number of benzene rings is 1. The van der Waals surface area contributed by atoms with Gasteiger partial charge in [0.25, 0.3) is 5.91 Å². The number of esters is 1. The molecule has 34 heavy (non-hydrogen) atoms. The van der Waals surface area contributed by atoms with Gasteiger partial charge in [-0.3, -0.25) is 14.6 Å². The van der Waals surface area contributed by atoms with Crippen LogP contribution in [0.25, 0.3) is 0 Å². The lowest BCUT2D eigenvalue weighted by molar-refractivity contribution is -0.145. The number of methoxy groups -OCH3 is 1. The van der Waals surface area contributed by atoms with Crippen LogP contribution in [0.3, 0.4) is 0 Å². The minimum Gasteiger partial charge on any atom is -0.467 e. The Hall–Kier alpha value is -2.68. The molecule has 10 heteroatoms. The first-order chi connectivity index (χ1) is 16.4. The number of hydrogen-bond acceptors (Lipinski definition) is 6. The Morgan fingerprint density at radius 1 is 1.09 bits per heavy atom. The highest BCUT2D eigenvalue weighted by Crippen LogP contribution is 2.33. The van der Waals surface area contributed by atoms with Crippen molar-refractivity contribution in [3.8, 4) is 0 Å². The quantitative estimate of drug-likeness (QED) is 0.498. The fourth-order valence-corrected chi connectivity index (χ4v) is 5.21. The van der Waals surface area contributed by atoms with E-state index in [1.165, 1.54) is 19.5 Å². The zero-order valence-electron chi connectivity index (χ0n) is 18.6. The lowest BCUT2D eigenvalue weighted by atomic mass is 9.76. The number of aromatic nitrogens is 1. The van der Waals surface area contributed by atoms with Gasteiger partial charge in [0.1, 0.15) is 6.04 Å². The van der Waals surface area contributed by atoms with E-state index in [9.17, 15) is 14.4 Å². The smallest absolute Gasteiger partial charge is 0.328 e. The van der Waals surface area contributed by atoms with Crippen molar-refractivity contribution in [2.45, 2.75) is 50.2 Å². The standard InChI is InChI=1S/C24H26Cl2N4O4/c1-34-24(33)19(30-23(32)21-14-4-8-15(28-21)9-5-14)10-13-2-6-16(7-3-13)29-22(31)20-17(25)11-27-12-18(20)26/h2-3,6-7,11-12,14-15,19,21,28H,4-5,8-10H2,1H3,(H,29,31)(H,30,32)/t14?,15?,19-,21-/m0/s1. The van der Waals surface area contributed by atoms with Gasteiger partial charge in [-0.1, -0.05) is 35.3 Å². The summed E-state index contributed by atoms with van der Waals surface area (Å²) in [5.41, 5.74) is 1.46. The molecule has 2 saturated heterocycles. The molecule has 3 heterocycles. The Labute approximate surface area is 207 Å². The molecule has 2 amide bonds. The predicted octanol–water partition coefficient (Wildman–Crippen LogP) is 3.37. The molecule has 0 radical (unpaired) electrons. The maximum Gasteiger partial charge on any atom is 0.328 e. The third kappa shape index (κ3) is 5.51. The number of fused-ring (bicyclic) bond motifs is 3. The molecule has 3 aliphatic rings. The van der Waals surface area contributed by atoms with Gasteiger partial charge >= 0.3 is 5.97 Å². The Morgan fingerprint density at radius 3 is 2.29 bits per heavy atom. The topological polar surface area (TPSA) is 109 Å². The van der Waals surface area contributed by atoms with Gasteiger partial charge in [-0.05, 0) is 49.3 Å². The lowest BCUT2D eigenvalue weighted by Gasteiger charge is -2.42. The van der Waals surface area contributed by atoms with E-state index in [0.29, 0.717) is 17.6 Å². The number of piperidine rings is 2. The lowest BCUT2D eigenvalue weighted by Crippen LogP contribution is -2.60. The van der Waals surface area contributed by atoms with Crippen molar-refractivity contribution in [1.82, 2.24) is 15.6 Å². The molecule has 2 aromatic rings. The first-order valence-electron chi connectivity index (χ1n) is 11.2. The molecule has 3 fully saturated rings. The number of amides is 2. The third-order valence-corrected chi connectivity index (χ3v) is 7.05. The Kier molecular flexibility index (Phi) is 7.70. The highest BCUT2D eigenvalue weighted by molar-refractivity contribution is 6.40. The number of hydrogen-bond donors (Lipinski definition) is 3. The maximum absolute atomic E-state index is 12.9. The number of carbonyl (C=O) groups excluding carboxylic acids is 3. The van der Waals surface area contributed by atoms with Crippen LogP contribution in [0.5, 0.6) is 0 Å². The molecule has 3 N–H and O–H groups in total. The number of halogens is 2. The molecular formula is C24H26Cl2N4O4. The highest BCUT2D eigenvalue weighted by atomic mass is 35.5. The summed E-state index contributed by atoms with van der Waals surface area (Å²) in [5, 5.41) is 9.31. The van der Waals surface area contributed by atoms with Gasteiger partial charge < -0.3 is 20.7 Å². The number of anilines is 1. The summed E-state index contributed by atoms with van der Waals surface area (Å²) in [7, 11) is 1.30. The predicted molar refractivity (Wildman–Crippen MR) is 129 cm³/mol. The van der Waals surface area contributed by atoms with Gasteiger partial charge in [0.05, 0.1) is 28.8 Å². The molecule has 2 aliphatic heterocycles. The summed E-state index contributed by atoms with van der Waals surface area (Å²) in [6, 6.07) is 6.24. The summed E-state index contributed by atoms with van der Waals surface area (Å²) >= 11 is 12.1. The van der Waals surface area contributed by atoms with Gasteiger partial charge in [-0.2, -0.15) is 0 Å². The normalized spacial score (nSPS) is 22.0. The summed E-state index contributed by atoms with van der Waals surface area (Å²) < 4.78 is 4.92. The molecular weight excluding hydrogens is 479 g/mol. The second-order valence-corrected chi connectivity index (χ2v) is 9.49. The highest BCUT2D eigenvalue weighted by Gasteiger charge is 2.40. The zero-order valence-corrected chi connectivity index (χ0v) is 20.2. The largest absolute Gasteiger partial charge is 0.467 e. The Morgan fingerprint density at radius 2 is 1.74 bits per heavy atom. The Bertz CT molecular complexity index is 1050. The van der Waals surface area contributed by atoms with E-state index in [2.05, 4.69) is 20.9 Å². The van der Waals surface area contributed by atoms with Crippen LogP contribution in [0.4, 0.5) is 5.69 Å². The van der Waals surface area contributed by atoms with E-state index < -0.39 is 17.9 Å². The van der Waals surface area contributed by atoms with Gasteiger partial charge in [0, 0.05) is 30.5 Å². The minimum absolute atomic E-state index is 0.140. The molecule has 0 spiro atoms. The van der Waals surface area contributed by atoms with Crippen LogP contribution in [0.1, 0.15) is 41.6 Å². The van der Waals surface area contributed by atoms with Crippen LogP contribution in [0.2, 0.25) is 10.0 Å². The molecule has 1 aromatic carbocycles. The first-order valence-corrected chi connectivity index (χ1v) is 11.9. The first kappa shape index (κ1) is 24.4. The molecule has 8 nitrogen and oxygen atoms in total. The van der Waals surface area contributed by atoms with Gasteiger partial charge in [0.15, 0.2) is 0 Å². The monoisotopic (exact) mass is 504 g/mol. The van der Waals surface area contributed by atoms with E-state index in [0.717, 1.165) is 31.2 Å². The maximum atomic E-state index is 12.9. The molecule has 2 atom stereocenters. The van der Waals surface area contributed by atoms with E-state index in [1.807, 2.05) is 0 Å². The second kappa shape index (κ2) is 10.7. The van der Waals surface area contributed by atoms with Crippen LogP contribution >= 0.6 is 23.2 Å². The average molecular weight is 505 g/mol. The van der Waals surface area contributed by atoms with Gasteiger partial charge in [-0.15, -0.1) is 0 Å². The van der Waals surface area contributed by atoms with Crippen molar-refractivity contribution < 1.29 is 19.1 Å². The molecule has 0 unspecified atom stereocenters. The molecule has 1 aromatic heterocycles. The van der Waals surface area contributed by atoms with Crippen LogP contribution in [-0.2, 0) is 20.7 Å². The summed E-state index contributed by atoms with van der Waals surface area (Å²) in [6.45, 7) is 0. The van der Waals surface area contributed by atoms with Crippen LogP contribution in [-0.4, -0.2) is 48.0 Å². The molecule has 1 aliphatic carbocycles. The van der Waals surface area contributed by atoms with Crippen molar-refractivity contribution >= 4 is 46.7 Å². The number of pyridine rings is 1. The number of nitrogens with zero attached hydrogens (tertiary/aromatic N) is 1. The van der Waals surface area contributed by atoms with Crippen molar-refractivity contribution in [2.75, 3.05) is 12.4 Å². The van der Waals surface area contributed by atoms with Gasteiger partial charge in [0.2, 0.25) is 5.91 Å². The second-order valence-electron chi connectivity index (χ2n) is 8.67.